The summed E-state index contributed by atoms with van der Waals surface area (Å²) in [4.78, 5) is 3.05. The number of sulfone groups is 1. The Morgan fingerprint density at radius 2 is 2.00 bits per heavy atom. The normalized spacial score (nSPS) is 22.5. The predicted octanol–water partition coefficient (Wildman–Crippen LogP) is 1.75. The molecular weight excluding hydrogens is 248 g/mol. The highest BCUT2D eigenvalue weighted by Gasteiger charge is 2.42. The molecule has 0 fully saturated rings. The summed E-state index contributed by atoms with van der Waals surface area (Å²) in [7, 11) is -3.57. The minimum absolute atomic E-state index is 0.275. The van der Waals surface area contributed by atoms with Gasteiger partial charge >= 0.3 is 0 Å². The van der Waals surface area contributed by atoms with Gasteiger partial charge in [0.2, 0.25) is 14.8 Å². The highest BCUT2D eigenvalue weighted by Crippen LogP contribution is 2.28. The smallest absolute Gasteiger partial charge is 0.237 e. The number of nitrogens with one attached hydrogen (secondary N) is 1. The van der Waals surface area contributed by atoms with Crippen molar-refractivity contribution in [3.05, 3.63) is 42.5 Å². The minimum Gasteiger partial charge on any atom is -0.277 e. The number of benzene rings is 1. The van der Waals surface area contributed by atoms with Crippen LogP contribution in [0.15, 0.2) is 52.4 Å². The second kappa shape index (κ2) is 5.04. The van der Waals surface area contributed by atoms with Gasteiger partial charge in [0.25, 0.3) is 0 Å². The third kappa shape index (κ3) is 2.11. The maximum absolute atomic E-state index is 12.6. The van der Waals surface area contributed by atoms with E-state index in [2.05, 4.69) is 10.3 Å². The molecule has 0 spiro atoms. The summed E-state index contributed by atoms with van der Waals surface area (Å²) >= 11 is 0. The van der Waals surface area contributed by atoms with Crippen molar-refractivity contribution in [3.63, 3.8) is 0 Å². The molecule has 0 aromatic heterocycles. The van der Waals surface area contributed by atoms with Gasteiger partial charge in [-0.25, -0.2) is 8.42 Å². The van der Waals surface area contributed by atoms with Gasteiger partial charge < -0.3 is 0 Å². The molecule has 0 bridgehead atoms. The van der Waals surface area contributed by atoms with Crippen molar-refractivity contribution in [1.82, 2.24) is 5.32 Å². The van der Waals surface area contributed by atoms with E-state index in [0.29, 0.717) is 6.54 Å². The van der Waals surface area contributed by atoms with Crippen molar-refractivity contribution in [3.8, 4) is 0 Å². The standard InChI is InChI=1S/C13H16N2O2S/c1-2-10-14-13(9-6-11-15-13)18(16,17)12-7-4-3-5-8-12/h3-9,11,14H,2,10H2,1H3. The third-order valence-electron chi connectivity index (χ3n) is 2.77. The average Bonchev–Trinajstić information content (AvgIpc) is 2.88. The second-order valence-electron chi connectivity index (χ2n) is 4.08. The first-order valence-electron chi connectivity index (χ1n) is 5.90. The third-order valence-corrected chi connectivity index (χ3v) is 4.86. The quantitative estimate of drug-likeness (QED) is 0.881. The summed E-state index contributed by atoms with van der Waals surface area (Å²) in [6.07, 6.45) is 5.60. The van der Waals surface area contributed by atoms with Crippen molar-refractivity contribution >= 4 is 16.1 Å². The lowest BCUT2D eigenvalue weighted by molar-refractivity contribution is 0.502. The lowest BCUT2D eigenvalue weighted by Gasteiger charge is -2.25. The predicted molar refractivity (Wildman–Crippen MR) is 72.3 cm³/mol. The van der Waals surface area contributed by atoms with Crippen molar-refractivity contribution < 1.29 is 8.42 Å². The lowest BCUT2D eigenvalue weighted by Crippen LogP contribution is -2.48. The maximum atomic E-state index is 12.6. The van der Waals surface area contributed by atoms with Crippen LogP contribution in [0, 0.1) is 0 Å². The van der Waals surface area contributed by atoms with Gasteiger partial charge in [0, 0.05) is 6.21 Å². The zero-order valence-electron chi connectivity index (χ0n) is 10.2. The van der Waals surface area contributed by atoms with E-state index < -0.39 is 14.8 Å². The van der Waals surface area contributed by atoms with Crippen molar-refractivity contribution in [2.24, 2.45) is 4.99 Å². The molecule has 1 aromatic carbocycles. The van der Waals surface area contributed by atoms with Gasteiger partial charge in [-0.1, -0.05) is 25.1 Å². The molecule has 96 valence electrons. The molecule has 0 aliphatic carbocycles. The molecule has 4 nitrogen and oxygen atoms in total. The minimum atomic E-state index is -3.57. The maximum Gasteiger partial charge on any atom is 0.237 e. The van der Waals surface area contributed by atoms with E-state index >= 15 is 0 Å². The topological polar surface area (TPSA) is 58.5 Å². The fourth-order valence-corrected chi connectivity index (χ4v) is 3.44. The summed E-state index contributed by atoms with van der Waals surface area (Å²) in [5.41, 5.74) is 0. The van der Waals surface area contributed by atoms with Crippen LogP contribution >= 0.6 is 0 Å². The van der Waals surface area contributed by atoms with E-state index in [0.717, 1.165) is 6.42 Å². The molecule has 1 aliphatic heterocycles. The Balaban J connectivity index is 2.44. The van der Waals surface area contributed by atoms with Crippen LogP contribution in [0.3, 0.4) is 0 Å². The van der Waals surface area contributed by atoms with E-state index in [4.69, 9.17) is 0 Å². The van der Waals surface area contributed by atoms with Crippen LogP contribution < -0.4 is 5.32 Å². The van der Waals surface area contributed by atoms with Crippen LogP contribution in [0.5, 0.6) is 0 Å². The fourth-order valence-electron chi connectivity index (χ4n) is 1.81. The lowest BCUT2D eigenvalue weighted by atomic mass is 10.4. The fraction of sp³-hybridized carbons (Fsp3) is 0.308. The van der Waals surface area contributed by atoms with Crippen molar-refractivity contribution in [2.75, 3.05) is 6.54 Å². The van der Waals surface area contributed by atoms with Gasteiger partial charge in [-0.2, -0.15) is 0 Å². The SMILES string of the molecule is CCCNC1(S(=O)(=O)c2ccccc2)C=CC=N1. The Hall–Kier alpha value is -1.46. The Morgan fingerprint density at radius 3 is 2.56 bits per heavy atom. The summed E-state index contributed by atoms with van der Waals surface area (Å²) in [5.74, 6) is 0. The Kier molecular flexibility index (Phi) is 3.63. The van der Waals surface area contributed by atoms with Crippen LogP contribution in [0.1, 0.15) is 13.3 Å². The van der Waals surface area contributed by atoms with Crippen LogP contribution in [0.25, 0.3) is 0 Å². The molecule has 0 saturated heterocycles. The molecule has 18 heavy (non-hydrogen) atoms. The van der Waals surface area contributed by atoms with E-state index in [1.807, 2.05) is 6.92 Å². The molecule has 1 aliphatic rings. The van der Waals surface area contributed by atoms with E-state index in [1.165, 1.54) is 6.21 Å². The van der Waals surface area contributed by atoms with Crippen LogP contribution in [0.4, 0.5) is 0 Å². The van der Waals surface area contributed by atoms with Gasteiger partial charge in [-0.05, 0) is 37.3 Å². The number of hydrogen-bond acceptors (Lipinski definition) is 4. The van der Waals surface area contributed by atoms with Gasteiger partial charge in [0.1, 0.15) is 0 Å². The van der Waals surface area contributed by atoms with E-state index in [1.54, 1.807) is 42.5 Å². The Morgan fingerprint density at radius 1 is 1.28 bits per heavy atom. The number of rotatable bonds is 5. The largest absolute Gasteiger partial charge is 0.277 e. The van der Waals surface area contributed by atoms with Crippen LogP contribution in [0.2, 0.25) is 0 Å². The molecule has 1 aromatic rings. The molecule has 0 radical (unpaired) electrons. The summed E-state index contributed by atoms with van der Waals surface area (Å²) in [6.45, 7) is 2.58. The second-order valence-corrected chi connectivity index (χ2v) is 6.18. The molecular formula is C13H16N2O2S. The van der Waals surface area contributed by atoms with Gasteiger partial charge in [-0.15, -0.1) is 0 Å². The van der Waals surface area contributed by atoms with Crippen molar-refractivity contribution in [2.45, 2.75) is 23.2 Å². The first-order chi connectivity index (χ1) is 8.62. The molecule has 1 atom stereocenters. The molecule has 1 unspecified atom stereocenters. The zero-order valence-corrected chi connectivity index (χ0v) is 11.0. The van der Waals surface area contributed by atoms with Gasteiger partial charge in [0.15, 0.2) is 0 Å². The van der Waals surface area contributed by atoms with Crippen LogP contribution in [-0.2, 0) is 9.84 Å². The first kappa shape index (κ1) is 13.0. The molecule has 1 heterocycles. The summed E-state index contributed by atoms with van der Waals surface area (Å²) in [5, 5.41) is 3.01. The van der Waals surface area contributed by atoms with Gasteiger partial charge in [-0.3, -0.25) is 10.3 Å². The summed E-state index contributed by atoms with van der Waals surface area (Å²) < 4.78 is 25.3. The monoisotopic (exact) mass is 264 g/mol. The summed E-state index contributed by atoms with van der Waals surface area (Å²) in [6, 6.07) is 8.39. The molecule has 0 saturated carbocycles. The molecule has 5 heteroatoms. The number of allylic oxidation sites excluding steroid dienone is 1. The van der Waals surface area contributed by atoms with Gasteiger partial charge in [0.05, 0.1) is 4.90 Å². The average molecular weight is 264 g/mol. The highest BCUT2D eigenvalue weighted by atomic mass is 32.2. The Bertz CT molecular complexity index is 550. The van der Waals surface area contributed by atoms with Crippen LogP contribution in [-0.4, -0.2) is 26.2 Å². The number of hydrogen-bond donors (Lipinski definition) is 1. The highest BCUT2D eigenvalue weighted by molar-refractivity contribution is 7.93. The zero-order chi connectivity index (χ0) is 13.1. The first-order valence-corrected chi connectivity index (χ1v) is 7.38. The van der Waals surface area contributed by atoms with E-state index in [-0.39, 0.29) is 4.90 Å². The number of nitrogens with zero attached hydrogens (tertiary/aromatic N) is 1. The molecule has 1 N–H and O–H groups in total. The number of aliphatic imine (C=N–C) groups is 1. The van der Waals surface area contributed by atoms with Crippen molar-refractivity contribution in [1.29, 1.82) is 0 Å². The molecule has 0 amide bonds. The molecule has 2 rings (SSSR count). The Labute approximate surface area is 107 Å². The van der Waals surface area contributed by atoms with E-state index in [9.17, 15) is 8.42 Å².